The maximum atomic E-state index is 13.1. The highest BCUT2D eigenvalue weighted by Gasteiger charge is 2.30. The molecule has 552 valence electrons. The van der Waals surface area contributed by atoms with Gasteiger partial charge in [0.05, 0.1) is 26.4 Å². The highest BCUT2D eigenvalue weighted by Crippen LogP contribution is 2.45. The number of rotatable bonds is 75. The smallest absolute Gasteiger partial charge is 0.462 e. The molecule has 5 atom stereocenters. The Hall–Kier alpha value is -1.94. The molecule has 0 spiro atoms. The van der Waals surface area contributed by atoms with E-state index in [1.54, 1.807) is 0 Å². The van der Waals surface area contributed by atoms with Gasteiger partial charge in [-0.05, 0) is 25.7 Å². The minimum atomic E-state index is -4.95. The van der Waals surface area contributed by atoms with Crippen molar-refractivity contribution in [2.24, 2.45) is 0 Å². The number of unbranched alkanes of at least 4 members (excludes halogenated alkanes) is 49. The van der Waals surface area contributed by atoms with E-state index in [2.05, 4.69) is 27.7 Å². The molecule has 0 aliphatic heterocycles. The Bertz CT molecular complexity index is 1770. The third-order valence-corrected chi connectivity index (χ3v) is 19.3. The van der Waals surface area contributed by atoms with Gasteiger partial charge in [-0.1, -0.05) is 342 Å². The Morgan fingerprint density at radius 3 is 0.634 bits per heavy atom. The summed E-state index contributed by atoms with van der Waals surface area (Å²) in [6.45, 7) is 4.90. The molecule has 3 N–H and O–H groups in total. The van der Waals surface area contributed by atoms with Crippen LogP contribution in [-0.2, 0) is 65.4 Å². The van der Waals surface area contributed by atoms with Crippen LogP contribution in [0.4, 0.5) is 0 Å². The Balaban J connectivity index is 5.14. The Morgan fingerprint density at radius 1 is 0.258 bits per heavy atom. The van der Waals surface area contributed by atoms with E-state index in [9.17, 15) is 43.2 Å². The lowest BCUT2D eigenvalue weighted by atomic mass is 10.0. The Morgan fingerprint density at radius 2 is 0.430 bits per heavy atom. The molecule has 0 fully saturated rings. The maximum Gasteiger partial charge on any atom is 0.472 e. The molecule has 17 nitrogen and oxygen atoms in total. The van der Waals surface area contributed by atoms with E-state index in [-0.39, 0.29) is 25.7 Å². The number of aliphatic hydroxyl groups excluding tert-OH is 1. The van der Waals surface area contributed by atoms with Gasteiger partial charge in [0.2, 0.25) is 0 Å². The molecule has 19 heteroatoms. The number of carbonyl (C=O) groups excluding carboxylic acids is 4. The van der Waals surface area contributed by atoms with E-state index in [0.717, 1.165) is 96.3 Å². The highest BCUT2D eigenvalue weighted by atomic mass is 31.2. The quantitative estimate of drug-likeness (QED) is 0.0222. The fourth-order valence-corrected chi connectivity index (χ4v) is 13.0. The lowest BCUT2D eigenvalue weighted by Crippen LogP contribution is -2.30. The summed E-state index contributed by atoms with van der Waals surface area (Å²) in [6, 6.07) is 0. The largest absolute Gasteiger partial charge is 0.472 e. The average molecular weight is 1370 g/mol. The van der Waals surface area contributed by atoms with E-state index < -0.39 is 97.5 Å². The number of hydrogen-bond acceptors (Lipinski definition) is 15. The second-order valence-corrected chi connectivity index (χ2v) is 29.6. The molecule has 0 aliphatic carbocycles. The van der Waals surface area contributed by atoms with Crippen molar-refractivity contribution < 1.29 is 80.2 Å². The summed E-state index contributed by atoms with van der Waals surface area (Å²) in [5.41, 5.74) is 0. The highest BCUT2D eigenvalue weighted by molar-refractivity contribution is 7.47. The van der Waals surface area contributed by atoms with Crippen molar-refractivity contribution in [2.75, 3.05) is 39.6 Å². The van der Waals surface area contributed by atoms with Crippen LogP contribution in [0, 0.1) is 0 Å². The Kier molecular flexibility index (Phi) is 67.1. The molecule has 2 unspecified atom stereocenters. The van der Waals surface area contributed by atoms with Crippen LogP contribution >= 0.6 is 15.6 Å². The molecular formula is C74H144O17P2. The molecule has 0 heterocycles. The molecule has 0 saturated heterocycles. The Labute approximate surface area is 568 Å². The third-order valence-electron chi connectivity index (χ3n) is 17.4. The summed E-state index contributed by atoms with van der Waals surface area (Å²) in [7, 11) is -9.90. The zero-order valence-corrected chi connectivity index (χ0v) is 62.0. The topological polar surface area (TPSA) is 237 Å². The molecule has 0 rings (SSSR count). The van der Waals surface area contributed by atoms with Gasteiger partial charge in [0.25, 0.3) is 0 Å². The van der Waals surface area contributed by atoms with Gasteiger partial charge in [-0.3, -0.25) is 37.3 Å². The summed E-state index contributed by atoms with van der Waals surface area (Å²) >= 11 is 0. The van der Waals surface area contributed by atoms with Gasteiger partial charge < -0.3 is 33.8 Å². The standard InChI is InChI=1S/C74H144O17P2/c1-5-9-13-17-20-23-26-29-32-34-35-37-40-43-46-49-53-57-61-74(79)91-70(65-85-72(77)59-55-51-47-44-41-39-36-33-30-27-24-21-18-14-10-6-2)67-89-93(82,83)87-63-68(75)62-86-92(80,81)88-66-69(64-84-71(76)58-54-50-16-12-8-4)90-73(78)60-56-52-48-45-42-38-31-28-25-22-19-15-11-7-3/h68-70,75H,5-67H2,1-4H3,(H,80,81)(H,82,83)/t68-,69+,70+/m0/s1. The molecule has 0 saturated carbocycles. The van der Waals surface area contributed by atoms with Crippen molar-refractivity contribution >= 4 is 39.5 Å². The molecule has 0 aromatic heterocycles. The molecule has 0 aliphatic rings. The number of ether oxygens (including phenoxy) is 4. The van der Waals surface area contributed by atoms with Crippen LogP contribution in [0.25, 0.3) is 0 Å². The predicted molar refractivity (Wildman–Crippen MR) is 377 cm³/mol. The monoisotopic (exact) mass is 1370 g/mol. The zero-order chi connectivity index (χ0) is 68.2. The minimum Gasteiger partial charge on any atom is -0.462 e. The molecule has 0 amide bonds. The average Bonchev–Trinajstić information content (AvgIpc) is 3.71. The van der Waals surface area contributed by atoms with Crippen molar-refractivity contribution in [2.45, 2.75) is 412 Å². The summed E-state index contributed by atoms with van der Waals surface area (Å²) in [6.07, 6.45) is 58.6. The van der Waals surface area contributed by atoms with Crippen LogP contribution in [0.3, 0.4) is 0 Å². The lowest BCUT2D eigenvalue weighted by molar-refractivity contribution is -0.161. The first-order valence-electron chi connectivity index (χ1n) is 38.8. The first-order chi connectivity index (χ1) is 45.2. The number of phosphoric acid groups is 2. The van der Waals surface area contributed by atoms with Crippen molar-refractivity contribution in [3.8, 4) is 0 Å². The normalized spacial score (nSPS) is 13.9. The summed E-state index contributed by atoms with van der Waals surface area (Å²) in [5.74, 6) is -2.12. The van der Waals surface area contributed by atoms with E-state index in [4.69, 9.17) is 37.0 Å². The molecule has 93 heavy (non-hydrogen) atoms. The fourth-order valence-electron chi connectivity index (χ4n) is 11.4. The van der Waals surface area contributed by atoms with Crippen LogP contribution in [0.5, 0.6) is 0 Å². The second kappa shape index (κ2) is 68.6. The molecule has 0 bridgehead atoms. The first-order valence-corrected chi connectivity index (χ1v) is 41.8. The van der Waals surface area contributed by atoms with Gasteiger partial charge in [0.1, 0.15) is 19.3 Å². The molecule has 0 aromatic carbocycles. The summed E-state index contributed by atoms with van der Waals surface area (Å²) in [4.78, 5) is 72.5. The summed E-state index contributed by atoms with van der Waals surface area (Å²) in [5, 5.41) is 10.6. The van der Waals surface area contributed by atoms with Crippen LogP contribution in [0.15, 0.2) is 0 Å². The number of phosphoric ester groups is 2. The molecule has 0 aromatic rings. The van der Waals surface area contributed by atoms with Crippen molar-refractivity contribution in [1.82, 2.24) is 0 Å². The van der Waals surface area contributed by atoms with Crippen molar-refractivity contribution in [3.05, 3.63) is 0 Å². The van der Waals surface area contributed by atoms with E-state index in [0.29, 0.717) is 25.7 Å². The lowest BCUT2D eigenvalue weighted by Gasteiger charge is -2.21. The second-order valence-electron chi connectivity index (χ2n) is 26.7. The van der Waals surface area contributed by atoms with Crippen LogP contribution in [0.2, 0.25) is 0 Å². The fraction of sp³-hybridized carbons (Fsp3) is 0.946. The maximum absolute atomic E-state index is 13.1. The van der Waals surface area contributed by atoms with Gasteiger partial charge >= 0.3 is 39.5 Å². The predicted octanol–water partition coefficient (Wildman–Crippen LogP) is 21.8. The van der Waals surface area contributed by atoms with E-state index in [1.807, 2.05) is 0 Å². The van der Waals surface area contributed by atoms with Gasteiger partial charge in [-0.2, -0.15) is 0 Å². The minimum absolute atomic E-state index is 0.107. The molecule has 0 radical (unpaired) electrons. The van der Waals surface area contributed by atoms with Crippen LogP contribution < -0.4 is 0 Å². The number of esters is 4. The summed E-state index contributed by atoms with van der Waals surface area (Å²) < 4.78 is 68.3. The van der Waals surface area contributed by atoms with Crippen LogP contribution in [0.1, 0.15) is 394 Å². The van der Waals surface area contributed by atoms with Gasteiger partial charge in [0, 0.05) is 25.7 Å². The van der Waals surface area contributed by atoms with Crippen LogP contribution in [-0.4, -0.2) is 96.7 Å². The van der Waals surface area contributed by atoms with Gasteiger partial charge in [0.15, 0.2) is 12.2 Å². The van der Waals surface area contributed by atoms with E-state index in [1.165, 1.54) is 218 Å². The number of aliphatic hydroxyl groups is 1. The SMILES string of the molecule is CCCCCCCCCCCCCCCCCCCCC(=O)O[C@H](COC(=O)CCCCCCCCCCCCCCCCCC)COP(=O)(O)OC[C@@H](O)COP(=O)(O)OC[C@@H](COC(=O)CCCCCCC)OC(=O)CCCCCCCCCCCCCCCC. The third kappa shape index (κ3) is 68.4. The first kappa shape index (κ1) is 91.1. The van der Waals surface area contributed by atoms with Crippen molar-refractivity contribution in [1.29, 1.82) is 0 Å². The van der Waals surface area contributed by atoms with E-state index >= 15 is 0 Å². The van der Waals surface area contributed by atoms with Gasteiger partial charge in [-0.25, -0.2) is 9.13 Å². The van der Waals surface area contributed by atoms with Gasteiger partial charge in [-0.15, -0.1) is 0 Å². The van der Waals surface area contributed by atoms with Crippen molar-refractivity contribution in [3.63, 3.8) is 0 Å². The number of hydrogen-bond donors (Lipinski definition) is 3. The molecular weight excluding hydrogens is 1220 g/mol. The number of carbonyl (C=O) groups is 4. The zero-order valence-electron chi connectivity index (χ0n) is 60.2.